The number of alkyl halides is 2. The Morgan fingerprint density at radius 2 is 1.93 bits per heavy atom. The highest BCUT2D eigenvalue weighted by molar-refractivity contribution is 5.79. The molecule has 15 heavy (non-hydrogen) atoms. The van der Waals surface area contributed by atoms with Crippen molar-refractivity contribution in [2.24, 2.45) is 5.73 Å². The molecule has 0 aliphatic rings. The van der Waals surface area contributed by atoms with Gasteiger partial charge >= 0.3 is 0 Å². The molecule has 1 rings (SSSR count). The van der Waals surface area contributed by atoms with Gasteiger partial charge < -0.3 is 10.5 Å². The van der Waals surface area contributed by atoms with Gasteiger partial charge in [-0.25, -0.2) is 8.78 Å². The third-order valence-electron chi connectivity index (χ3n) is 1.69. The molecule has 0 unspecified atom stereocenters. The van der Waals surface area contributed by atoms with Crippen molar-refractivity contribution >= 4 is 5.84 Å². The standard InChI is InChI=1S/C10H12F2N2O/c11-9(12)6-15-8-3-1-7(2-4-8)5-10(13)14/h1-4,9H,5-6H2,(H3,13,14). The summed E-state index contributed by atoms with van der Waals surface area (Å²) in [5.41, 5.74) is 6.07. The molecule has 0 heterocycles. The van der Waals surface area contributed by atoms with Crippen LogP contribution >= 0.6 is 0 Å². The smallest absolute Gasteiger partial charge is 0.272 e. The van der Waals surface area contributed by atoms with Crippen LogP contribution < -0.4 is 10.5 Å². The van der Waals surface area contributed by atoms with Crippen LogP contribution in [0.3, 0.4) is 0 Å². The van der Waals surface area contributed by atoms with E-state index < -0.39 is 13.0 Å². The van der Waals surface area contributed by atoms with Crippen molar-refractivity contribution < 1.29 is 13.5 Å². The Kier molecular flexibility index (Phi) is 4.03. The van der Waals surface area contributed by atoms with Gasteiger partial charge in [-0.15, -0.1) is 0 Å². The molecule has 3 nitrogen and oxygen atoms in total. The summed E-state index contributed by atoms with van der Waals surface area (Å²) in [6.45, 7) is -0.605. The fourth-order valence-corrected chi connectivity index (χ4v) is 1.08. The molecule has 0 spiro atoms. The lowest BCUT2D eigenvalue weighted by Crippen LogP contribution is -2.12. The Balaban J connectivity index is 2.52. The summed E-state index contributed by atoms with van der Waals surface area (Å²) < 4.78 is 28.4. The van der Waals surface area contributed by atoms with Crippen molar-refractivity contribution in [2.45, 2.75) is 12.8 Å². The maximum Gasteiger partial charge on any atom is 0.272 e. The van der Waals surface area contributed by atoms with Crippen molar-refractivity contribution in [3.63, 3.8) is 0 Å². The zero-order valence-corrected chi connectivity index (χ0v) is 8.04. The van der Waals surface area contributed by atoms with Gasteiger partial charge in [-0.3, -0.25) is 5.41 Å². The van der Waals surface area contributed by atoms with Crippen LogP contribution in [0.4, 0.5) is 8.78 Å². The Bertz CT molecular complexity index is 325. The van der Waals surface area contributed by atoms with E-state index >= 15 is 0 Å². The SMILES string of the molecule is N=C(N)Cc1ccc(OCC(F)F)cc1. The summed E-state index contributed by atoms with van der Waals surface area (Å²) in [5.74, 6) is 0.457. The Hall–Kier alpha value is -1.65. The van der Waals surface area contributed by atoms with E-state index in [1.165, 1.54) is 0 Å². The third-order valence-corrected chi connectivity index (χ3v) is 1.69. The molecular formula is C10H12F2N2O. The van der Waals surface area contributed by atoms with E-state index in [0.717, 1.165) is 5.56 Å². The predicted octanol–water partition coefficient (Wildman–Crippen LogP) is 1.81. The highest BCUT2D eigenvalue weighted by atomic mass is 19.3. The fourth-order valence-electron chi connectivity index (χ4n) is 1.08. The monoisotopic (exact) mass is 214 g/mol. The topological polar surface area (TPSA) is 59.1 Å². The van der Waals surface area contributed by atoms with Gasteiger partial charge in [-0.05, 0) is 17.7 Å². The number of hydrogen-bond acceptors (Lipinski definition) is 2. The van der Waals surface area contributed by atoms with E-state index in [1.807, 2.05) is 0 Å². The number of halogens is 2. The van der Waals surface area contributed by atoms with Crippen molar-refractivity contribution in [3.8, 4) is 5.75 Å². The van der Waals surface area contributed by atoms with Crippen LogP contribution in [0.5, 0.6) is 5.75 Å². The van der Waals surface area contributed by atoms with Crippen LogP contribution in [0.2, 0.25) is 0 Å². The first kappa shape index (κ1) is 11.4. The molecule has 82 valence electrons. The van der Waals surface area contributed by atoms with Gasteiger partial charge in [0, 0.05) is 6.42 Å². The number of amidine groups is 1. The molecule has 0 bridgehead atoms. The number of benzene rings is 1. The molecule has 5 heteroatoms. The van der Waals surface area contributed by atoms with Gasteiger partial charge in [0.1, 0.15) is 12.4 Å². The lowest BCUT2D eigenvalue weighted by atomic mass is 10.1. The summed E-state index contributed by atoms with van der Waals surface area (Å²) in [6.07, 6.45) is -2.11. The van der Waals surface area contributed by atoms with E-state index in [2.05, 4.69) is 0 Å². The largest absolute Gasteiger partial charge is 0.488 e. The number of ether oxygens (including phenoxy) is 1. The normalized spacial score (nSPS) is 10.3. The van der Waals surface area contributed by atoms with Crippen LogP contribution in [0.1, 0.15) is 5.56 Å². The molecule has 3 N–H and O–H groups in total. The molecule has 0 atom stereocenters. The highest BCUT2D eigenvalue weighted by Gasteiger charge is 2.03. The fraction of sp³-hybridized carbons (Fsp3) is 0.300. The molecule has 0 aromatic heterocycles. The minimum atomic E-state index is -2.47. The van der Waals surface area contributed by atoms with Gasteiger partial charge in [-0.2, -0.15) is 0 Å². The predicted molar refractivity (Wildman–Crippen MR) is 53.6 cm³/mol. The van der Waals surface area contributed by atoms with Gasteiger partial charge in [0.05, 0.1) is 5.84 Å². The number of hydrogen-bond donors (Lipinski definition) is 2. The molecule has 1 aromatic carbocycles. The first-order valence-corrected chi connectivity index (χ1v) is 4.40. The average Bonchev–Trinajstić information content (AvgIpc) is 2.16. The van der Waals surface area contributed by atoms with Gasteiger partial charge in [0.25, 0.3) is 6.43 Å². The molecule has 0 amide bonds. The zero-order chi connectivity index (χ0) is 11.3. The van der Waals surface area contributed by atoms with Gasteiger partial charge in [0.15, 0.2) is 0 Å². The number of nitrogens with two attached hydrogens (primary N) is 1. The summed E-state index contributed by atoms with van der Waals surface area (Å²) in [6, 6.07) is 6.56. The molecule has 0 saturated carbocycles. The molecule has 0 aliphatic heterocycles. The molecule has 1 aromatic rings. The van der Waals surface area contributed by atoms with E-state index in [1.54, 1.807) is 24.3 Å². The molecule has 0 fully saturated rings. The number of nitrogens with one attached hydrogen (secondary N) is 1. The minimum absolute atomic E-state index is 0.0660. The molecule has 0 saturated heterocycles. The van der Waals surface area contributed by atoms with Crippen molar-refractivity contribution in [3.05, 3.63) is 29.8 Å². The van der Waals surface area contributed by atoms with Crippen LogP contribution in [0.25, 0.3) is 0 Å². The van der Waals surface area contributed by atoms with E-state index in [4.69, 9.17) is 15.9 Å². The molecule has 0 aliphatic carbocycles. The quantitative estimate of drug-likeness (QED) is 0.580. The summed E-state index contributed by atoms with van der Waals surface area (Å²) in [4.78, 5) is 0. The maximum atomic E-state index is 11.8. The van der Waals surface area contributed by atoms with E-state index in [0.29, 0.717) is 12.2 Å². The second kappa shape index (κ2) is 5.29. The van der Waals surface area contributed by atoms with Crippen LogP contribution in [-0.4, -0.2) is 18.9 Å². The van der Waals surface area contributed by atoms with Crippen molar-refractivity contribution in [1.82, 2.24) is 0 Å². The van der Waals surface area contributed by atoms with Gasteiger partial charge in [0.2, 0.25) is 0 Å². The molecule has 0 radical (unpaired) electrons. The Labute approximate surface area is 86.4 Å². The Morgan fingerprint density at radius 1 is 1.33 bits per heavy atom. The summed E-state index contributed by atoms with van der Waals surface area (Å²) in [5, 5.41) is 7.07. The molecular weight excluding hydrogens is 202 g/mol. The minimum Gasteiger partial charge on any atom is -0.488 e. The number of rotatable bonds is 5. The lowest BCUT2D eigenvalue weighted by molar-refractivity contribution is 0.0819. The Morgan fingerprint density at radius 3 is 2.40 bits per heavy atom. The second-order valence-corrected chi connectivity index (χ2v) is 3.05. The highest BCUT2D eigenvalue weighted by Crippen LogP contribution is 2.13. The van der Waals surface area contributed by atoms with Crippen molar-refractivity contribution in [2.75, 3.05) is 6.61 Å². The second-order valence-electron chi connectivity index (χ2n) is 3.05. The zero-order valence-electron chi connectivity index (χ0n) is 8.04. The summed E-state index contributed by atoms with van der Waals surface area (Å²) in [7, 11) is 0. The van der Waals surface area contributed by atoms with Crippen molar-refractivity contribution in [1.29, 1.82) is 5.41 Å². The average molecular weight is 214 g/mol. The lowest BCUT2D eigenvalue weighted by Gasteiger charge is -2.06. The first-order chi connectivity index (χ1) is 7.08. The van der Waals surface area contributed by atoms with Crippen LogP contribution in [0, 0.1) is 5.41 Å². The summed E-state index contributed by atoms with van der Waals surface area (Å²) >= 11 is 0. The van der Waals surface area contributed by atoms with Crippen LogP contribution in [0.15, 0.2) is 24.3 Å². The van der Waals surface area contributed by atoms with Gasteiger partial charge in [-0.1, -0.05) is 12.1 Å². The third kappa shape index (κ3) is 4.39. The van der Waals surface area contributed by atoms with E-state index in [-0.39, 0.29) is 5.84 Å². The first-order valence-electron chi connectivity index (χ1n) is 4.40. The van der Waals surface area contributed by atoms with E-state index in [9.17, 15) is 8.78 Å². The maximum absolute atomic E-state index is 11.8. The van der Waals surface area contributed by atoms with Crippen LogP contribution in [-0.2, 0) is 6.42 Å².